The standard InChI is InChI=1S/C20H16FN5O/c21-16-8-10-17(11-9-16)26-19(23-24-25-26)13-22-20(27)12-15-6-3-5-14-4-1-2-7-18(14)15/h1-11H,12-13H2,(H,22,27). The zero-order chi connectivity index (χ0) is 18.6. The van der Waals surface area contributed by atoms with Crippen LogP contribution in [-0.2, 0) is 17.8 Å². The number of rotatable bonds is 5. The van der Waals surface area contributed by atoms with Gasteiger partial charge in [-0.25, -0.2) is 4.39 Å². The second-order valence-corrected chi connectivity index (χ2v) is 6.08. The summed E-state index contributed by atoms with van der Waals surface area (Å²) in [7, 11) is 0. The van der Waals surface area contributed by atoms with E-state index in [4.69, 9.17) is 0 Å². The van der Waals surface area contributed by atoms with Crippen LogP contribution in [0.3, 0.4) is 0 Å². The van der Waals surface area contributed by atoms with Gasteiger partial charge in [0.15, 0.2) is 5.82 Å². The molecule has 4 aromatic rings. The van der Waals surface area contributed by atoms with Gasteiger partial charge in [-0.15, -0.1) is 5.10 Å². The van der Waals surface area contributed by atoms with Crippen LogP contribution in [0, 0.1) is 5.82 Å². The van der Waals surface area contributed by atoms with E-state index in [-0.39, 0.29) is 24.7 Å². The number of nitrogens with one attached hydrogen (secondary N) is 1. The molecule has 0 saturated carbocycles. The maximum atomic E-state index is 13.1. The molecule has 0 bridgehead atoms. The molecule has 1 amide bonds. The van der Waals surface area contributed by atoms with Crippen LogP contribution in [0.1, 0.15) is 11.4 Å². The van der Waals surface area contributed by atoms with Crippen LogP contribution in [-0.4, -0.2) is 26.1 Å². The molecule has 0 atom stereocenters. The number of halogens is 1. The highest BCUT2D eigenvalue weighted by Crippen LogP contribution is 2.19. The van der Waals surface area contributed by atoms with Gasteiger partial charge in [0.05, 0.1) is 18.7 Å². The number of benzene rings is 3. The lowest BCUT2D eigenvalue weighted by Gasteiger charge is -2.08. The second kappa shape index (κ2) is 7.33. The molecule has 4 rings (SSSR count). The topological polar surface area (TPSA) is 72.7 Å². The van der Waals surface area contributed by atoms with E-state index in [0.717, 1.165) is 16.3 Å². The largest absolute Gasteiger partial charge is 0.348 e. The summed E-state index contributed by atoms with van der Waals surface area (Å²) in [5, 5.41) is 16.5. The Morgan fingerprint density at radius 1 is 1.00 bits per heavy atom. The van der Waals surface area contributed by atoms with E-state index >= 15 is 0 Å². The minimum atomic E-state index is -0.336. The number of hydrogen-bond acceptors (Lipinski definition) is 4. The quantitative estimate of drug-likeness (QED) is 0.593. The molecule has 0 aliphatic heterocycles. The second-order valence-electron chi connectivity index (χ2n) is 6.08. The lowest BCUT2D eigenvalue weighted by Crippen LogP contribution is -2.26. The Balaban J connectivity index is 1.46. The molecule has 6 nitrogen and oxygen atoms in total. The minimum absolute atomic E-state index is 0.125. The molecular formula is C20H16FN5O. The van der Waals surface area contributed by atoms with E-state index in [0.29, 0.717) is 11.5 Å². The highest BCUT2D eigenvalue weighted by molar-refractivity contribution is 5.90. The van der Waals surface area contributed by atoms with E-state index in [1.165, 1.54) is 16.8 Å². The predicted molar refractivity (Wildman–Crippen MR) is 98.6 cm³/mol. The van der Waals surface area contributed by atoms with Gasteiger partial charge in [0.25, 0.3) is 0 Å². The van der Waals surface area contributed by atoms with Crippen molar-refractivity contribution in [2.75, 3.05) is 0 Å². The predicted octanol–water partition coefficient (Wildman–Crippen LogP) is 2.81. The van der Waals surface area contributed by atoms with Gasteiger partial charge < -0.3 is 5.32 Å². The van der Waals surface area contributed by atoms with Gasteiger partial charge in [0.2, 0.25) is 5.91 Å². The molecule has 0 unspecified atom stereocenters. The van der Waals surface area contributed by atoms with E-state index in [1.807, 2.05) is 42.5 Å². The summed E-state index contributed by atoms with van der Waals surface area (Å²) in [6.45, 7) is 0.175. The summed E-state index contributed by atoms with van der Waals surface area (Å²) >= 11 is 0. The number of tetrazole rings is 1. The Kier molecular flexibility index (Phi) is 4.57. The van der Waals surface area contributed by atoms with Crippen molar-refractivity contribution in [3.63, 3.8) is 0 Å². The van der Waals surface area contributed by atoms with Gasteiger partial charge in [-0.05, 0) is 51.0 Å². The van der Waals surface area contributed by atoms with Gasteiger partial charge in [0.1, 0.15) is 5.82 Å². The molecule has 7 heteroatoms. The molecule has 0 fully saturated rings. The van der Waals surface area contributed by atoms with Gasteiger partial charge >= 0.3 is 0 Å². The molecule has 0 radical (unpaired) electrons. The Morgan fingerprint density at radius 3 is 2.63 bits per heavy atom. The first-order chi connectivity index (χ1) is 13.2. The van der Waals surface area contributed by atoms with E-state index < -0.39 is 0 Å². The van der Waals surface area contributed by atoms with Crippen LogP contribution in [0.2, 0.25) is 0 Å². The third-order valence-electron chi connectivity index (χ3n) is 4.28. The normalized spacial score (nSPS) is 10.9. The fraction of sp³-hybridized carbons (Fsp3) is 0.100. The van der Waals surface area contributed by atoms with Crippen LogP contribution < -0.4 is 5.32 Å². The Hall–Kier alpha value is -3.61. The zero-order valence-electron chi connectivity index (χ0n) is 14.3. The smallest absolute Gasteiger partial charge is 0.224 e. The highest BCUT2D eigenvalue weighted by atomic mass is 19.1. The van der Waals surface area contributed by atoms with Crippen molar-refractivity contribution in [2.24, 2.45) is 0 Å². The molecule has 1 aromatic heterocycles. The molecule has 0 spiro atoms. The molecule has 1 heterocycles. The van der Waals surface area contributed by atoms with Gasteiger partial charge in [0, 0.05) is 0 Å². The summed E-state index contributed by atoms with van der Waals surface area (Å²) in [5.41, 5.74) is 1.59. The first-order valence-corrected chi connectivity index (χ1v) is 8.47. The molecule has 3 aromatic carbocycles. The summed E-state index contributed by atoms with van der Waals surface area (Å²) in [5.74, 6) is 0.00431. The maximum absolute atomic E-state index is 13.1. The average molecular weight is 361 g/mol. The number of carbonyl (C=O) groups is 1. The van der Waals surface area contributed by atoms with Crippen molar-refractivity contribution in [3.05, 3.63) is 83.9 Å². The van der Waals surface area contributed by atoms with Crippen molar-refractivity contribution in [1.82, 2.24) is 25.5 Å². The van der Waals surface area contributed by atoms with Crippen molar-refractivity contribution >= 4 is 16.7 Å². The van der Waals surface area contributed by atoms with Crippen LogP contribution in [0.5, 0.6) is 0 Å². The molecule has 1 N–H and O–H groups in total. The third-order valence-corrected chi connectivity index (χ3v) is 4.28. The van der Waals surface area contributed by atoms with E-state index in [9.17, 15) is 9.18 Å². The van der Waals surface area contributed by atoms with Crippen molar-refractivity contribution in [1.29, 1.82) is 0 Å². The number of carbonyl (C=O) groups excluding carboxylic acids is 1. The van der Waals surface area contributed by atoms with E-state index in [2.05, 4.69) is 20.8 Å². The average Bonchev–Trinajstić information content (AvgIpc) is 3.16. The number of nitrogens with zero attached hydrogens (tertiary/aromatic N) is 4. The fourth-order valence-electron chi connectivity index (χ4n) is 2.96. The first-order valence-electron chi connectivity index (χ1n) is 8.47. The zero-order valence-corrected chi connectivity index (χ0v) is 14.3. The molecule has 0 aliphatic rings. The first kappa shape index (κ1) is 16.8. The lowest BCUT2D eigenvalue weighted by molar-refractivity contribution is -0.120. The third kappa shape index (κ3) is 3.67. The number of amides is 1. The molecule has 134 valence electrons. The van der Waals surface area contributed by atoms with Crippen molar-refractivity contribution < 1.29 is 9.18 Å². The Labute approximate surface area is 154 Å². The van der Waals surface area contributed by atoms with Crippen molar-refractivity contribution in [2.45, 2.75) is 13.0 Å². The van der Waals surface area contributed by atoms with Crippen molar-refractivity contribution in [3.8, 4) is 5.69 Å². The monoisotopic (exact) mass is 361 g/mol. The van der Waals surface area contributed by atoms with Gasteiger partial charge in [-0.2, -0.15) is 4.68 Å². The molecular weight excluding hydrogens is 345 g/mol. The summed E-state index contributed by atoms with van der Waals surface area (Å²) in [4.78, 5) is 12.4. The Bertz CT molecular complexity index is 1090. The maximum Gasteiger partial charge on any atom is 0.224 e. The van der Waals surface area contributed by atoms with Crippen LogP contribution in [0.25, 0.3) is 16.5 Å². The van der Waals surface area contributed by atoms with Crippen LogP contribution in [0.15, 0.2) is 66.7 Å². The summed E-state index contributed by atoms with van der Waals surface area (Å²) in [6.07, 6.45) is 0.263. The number of hydrogen-bond donors (Lipinski definition) is 1. The SMILES string of the molecule is O=C(Cc1cccc2ccccc12)NCc1nnnn1-c1ccc(F)cc1. The lowest BCUT2D eigenvalue weighted by atomic mass is 10.0. The number of fused-ring (bicyclic) bond motifs is 1. The Morgan fingerprint density at radius 2 is 1.78 bits per heavy atom. The number of aromatic nitrogens is 4. The van der Waals surface area contributed by atoms with Gasteiger partial charge in [-0.3, -0.25) is 4.79 Å². The fourth-order valence-corrected chi connectivity index (χ4v) is 2.96. The van der Waals surface area contributed by atoms with Gasteiger partial charge in [-0.1, -0.05) is 42.5 Å². The molecule has 27 heavy (non-hydrogen) atoms. The van der Waals surface area contributed by atoms with Crippen LogP contribution in [0.4, 0.5) is 4.39 Å². The molecule has 0 saturated heterocycles. The van der Waals surface area contributed by atoms with E-state index in [1.54, 1.807) is 12.1 Å². The molecule has 0 aliphatic carbocycles. The highest BCUT2D eigenvalue weighted by Gasteiger charge is 2.11. The minimum Gasteiger partial charge on any atom is -0.348 e. The summed E-state index contributed by atoms with van der Waals surface area (Å²) in [6, 6.07) is 19.7. The van der Waals surface area contributed by atoms with Crippen LogP contribution >= 0.6 is 0 Å². The summed E-state index contributed by atoms with van der Waals surface area (Å²) < 4.78 is 14.6.